The molecular weight excluding hydrogens is 450 g/mol. The van der Waals surface area contributed by atoms with Crippen molar-refractivity contribution in [1.82, 2.24) is 15.5 Å². The Bertz CT molecular complexity index is 850. The topological polar surface area (TPSA) is 90.9 Å². The Balaban J connectivity index is 1.43. The lowest BCUT2D eigenvalue weighted by Gasteiger charge is -2.50. The monoisotopic (exact) mass is 491 g/mol. The third-order valence-electron chi connectivity index (χ3n) is 8.56. The first-order chi connectivity index (χ1) is 16.1. The van der Waals surface area contributed by atoms with Crippen LogP contribution in [0.15, 0.2) is 17.5 Å². The van der Waals surface area contributed by atoms with Gasteiger partial charge in [-0.3, -0.25) is 14.5 Å². The summed E-state index contributed by atoms with van der Waals surface area (Å²) in [6.45, 7) is 11.3. The number of ether oxygens (including phenoxy) is 1. The van der Waals surface area contributed by atoms with Gasteiger partial charge in [0.2, 0.25) is 5.91 Å². The molecule has 0 bridgehead atoms. The van der Waals surface area contributed by atoms with Gasteiger partial charge in [0.15, 0.2) is 0 Å². The smallest absolute Gasteiger partial charge is 0.261 e. The second-order valence-corrected chi connectivity index (χ2v) is 12.4. The normalized spacial score (nSPS) is 33.3. The molecule has 2 amide bonds. The number of nitrogens with one attached hydrogen (secondary N) is 2. The second kappa shape index (κ2) is 10.2. The quantitative estimate of drug-likeness (QED) is 0.520. The van der Waals surface area contributed by atoms with Gasteiger partial charge in [0.05, 0.1) is 23.7 Å². The van der Waals surface area contributed by atoms with Gasteiger partial charge in [-0.1, -0.05) is 19.9 Å². The number of hydrogen-bond acceptors (Lipinski definition) is 6. The molecule has 3 aliphatic rings. The van der Waals surface area contributed by atoms with Crippen LogP contribution < -0.4 is 10.6 Å². The highest BCUT2D eigenvalue weighted by molar-refractivity contribution is 7.12. The van der Waals surface area contributed by atoms with E-state index in [9.17, 15) is 14.7 Å². The molecule has 7 nitrogen and oxygen atoms in total. The summed E-state index contributed by atoms with van der Waals surface area (Å²) in [6, 6.07) is 3.76. The number of thiophene rings is 1. The van der Waals surface area contributed by atoms with E-state index < -0.39 is 5.60 Å². The fourth-order valence-electron chi connectivity index (χ4n) is 6.68. The molecule has 1 saturated heterocycles. The molecule has 3 N–H and O–H groups in total. The maximum atomic E-state index is 13.0. The van der Waals surface area contributed by atoms with Crippen LogP contribution in [0, 0.1) is 16.7 Å². The first-order valence-electron chi connectivity index (χ1n) is 12.7. The minimum absolute atomic E-state index is 0.000602. The number of hydrogen-bond donors (Lipinski definition) is 3. The van der Waals surface area contributed by atoms with E-state index in [4.69, 9.17) is 4.74 Å². The van der Waals surface area contributed by atoms with Crippen molar-refractivity contribution in [3.63, 3.8) is 0 Å². The molecule has 0 aromatic carbocycles. The first kappa shape index (κ1) is 25.6. The van der Waals surface area contributed by atoms with Gasteiger partial charge in [-0.25, -0.2) is 0 Å². The van der Waals surface area contributed by atoms with Crippen molar-refractivity contribution in [2.24, 2.45) is 16.7 Å². The van der Waals surface area contributed by atoms with Crippen molar-refractivity contribution in [2.45, 2.75) is 70.9 Å². The molecule has 4 atom stereocenters. The van der Waals surface area contributed by atoms with Crippen molar-refractivity contribution in [3.05, 3.63) is 22.4 Å². The molecule has 8 heteroatoms. The zero-order valence-electron chi connectivity index (χ0n) is 20.9. The molecule has 2 aliphatic carbocycles. The van der Waals surface area contributed by atoms with Crippen LogP contribution in [-0.2, 0) is 9.53 Å². The Kier molecular flexibility index (Phi) is 7.72. The SMILES string of the molecule is CC1(C)C[C@H](NC(=O)c2cccs2)[C@]2(CCC(=O)NCCN3CCOCC3)CC[C@@](C)(O)C[C@@H]12. The Morgan fingerprint density at radius 1 is 1.21 bits per heavy atom. The van der Waals surface area contributed by atoms with Crippen LogP contribution in [-0.4, -0.2) is 72.9 Å². The molecule has 0 unspecified atom stereocenters. The number of nitrogens with zero attached hydrogens (tertiary/aromatic N) is 1. The fraction of sp³-hybridized carbons (Fsp3) is 0.769. The Labute approximate surface area is 207 Å². The van der Waals surface area contributed by atoms with Crippen molar-refractivity contribution in [1.29, 1.82) is 0 Å². The highest BCUT2D eigenvalue weighted by atomic mass is 32.1. The number of carbonyl (C=O) groups excluding carboxylic acids is 2. The number of amides is 2. The van der Waals surface area contributed by atoms with Crippen LogP contribution in [0.25, 0.3) is 0 Å². The van der Waals surface area contributed by atoms with Crippen molar-refractivity contribution in [3.8, 4) is 0 Å². The van der Waals surface area contributed by atoms with E-state index in [0.717, 1.165) is 57.0 Å². The minimum atomic E-state index is -0.696. The van der Waals surface area contributed by atoms with Gasteiger partial charge >= 0.3 is 0 Å². The average Bonchev–Trinajstić information content (AvgIpc) is 3.39. The summed E-state index contributed by atoms with van der Waals surface area (Å²) in [5.41, 5.74) is -0.899. The molecule has 2 saturated carbocycles. The molecule has 4 rings (SSSR count). The summed E-state index contributed by atoms with van der Waals surface area (Å²) >= 11 is 1.45. The van der Waals surface area contributed by atoms with Crippen LogP contribution in [0.3, 0.4) is 0 Å². The second-order valence-electron chi connectivity index (χ2n) is 11.5. The molecule has 1 aliphatic heterocycles. The lowest BCUT2D eigenvalue weighted by molar-refractivity contribution is -0.123. The molecule has 0 radical (unpaired) electrons. The van der Waals surface area contributed by atoms with E-state index in [2.05, 4.69) is 29.4 Å². The van der Waals surface area contributed by atoms with Crippen LogP contribution in [0.5, 0.6) is 0 Å². The fourth-order valence-corrected chi connectivity index (χ4v) is 7.31. The maximum Gasteiger partial charge on any atom is 0.261 e. The summed E-state index contributed by atoms with van der Waals surface area (Å²) in [4.78, 5) is 28.9. The summed E-state index contributed by atoms with van der Waals surface area (Å²) in [5.74, 6) is 0.299. The first-order valence-corrected chi connectivity index (χ1v) is 13.6. The maximum absolute atomic E-state index is 13.0. The van der Waals surface area contributed by atoms with Crippen LogP contribution >= 0.6 is 11.3 Å². The molecule has 1 aromatic rings. The average molecular weight is 492 g/mol. The predicted molar refractivity (Wildman–Crippen MR) is 134 cm³/mol. The van der Waals surface area contributed by atoms with Gasteiger partial charge in [-0.05, 0) is 67.2 Å². The lowest BCUT2D eigenvalue weighted by Crippen LogP contribution is -2.52. The third kappa shape index (κ3) is 5.66. The van der Waals surface area contributed by atoms with E-state index in [1.807, 2.05) is 24.4 Å². The molecule has 2 heterocycles. The summed E-state index contributed by atoms with van der Waals surface area (Å²) in [6.07, 6.45) is 4.28. The predicted octanol–water partition coefficient (Wildman–Crippen LogP) is 3.04. The van der Waals surface area contributed by atoms with Gasteiger partial charge in [0, 0.05) is 38.6 Å². The Hall–Kier alpha value is -1.48. The molecule has 34 heavy (non-hydrogen) atoms. The van der Waals surface area contributed by atoms with Crippen LogP contribution in [0.2, 0.25) is 0 Å². The van der Waals surface area contributed by atoms with E-state index in [-0.39, 0.29) is 34.6 Å². The molecular formula is C26H41N3O4S. The summed E-state index contributed by atoms with van der Waals surface area (Å²) in [5, 5.41) is 19.3. The van der Waals surface area contributed by atoms with Crippen molar-refractivity contribution < 1.29 is 19.4 Å². The van der Waals surface area contributed by atoms with Crippen LogP contribution in [0.4, 0.5) is 0 Å². The third-order valence-corrected chi connectivity index (χ3v) is 9.42. The summed E-state index contributed by atoms with van der Waals surface area (Å²) < 4.78 is 5.39. The number of carbonyl (C=O) groups is 2. The van der Waals surface area contributed by atoms with E-state index in [0.29, 0.717) is 25.8 Å². The van der Waals surface area contributed by atoms with Crippen molar-refractivity contribution in [2.75, 3.05) is 39.4 Å². The van der Waals surface area contributed by atoms with Crippen molar-refractivity contribution >= 4 is 23.2 Å². The number of aliphatic hydroxyl groups is 1. The van der Waals surface area contributed by atoms with Gasteiger partial charge in [0.1, 0.15) is 0 Å². The van der Waals surface area contributed by atoms with Gasteiger partial charge in [-0.2, -0.15) is 0 Å². The Morgan fingerprint density at radius 3 is 2.68 bits per heavy atom. The number of morpholine rings is 1. The van der Waals surface area contributed by atoms with Gasteiger partial charge in [0.25, 0.3) is 5.91 Å². The highest BCUT2D eigenvalue weighted by Gasteiger charge is 2.61. The number of rotatable bonds is 8. The minimum Gasteiger partial charge on any atom is -0.390 e. The summed E-state index contributed by atoms with van der Waals surface area (Å²) in [7, 11) is 0. The molecule has 3 fully saturated rings. The largest absolute Gasteiger partial charge is 0.390 e. The molecule has 1 aromatic heterocycles. The van der Waals surface area contributed by atoms with E-state index in [1.165, 1.54) is 11.3 Å². The standard InChI is InChI=1S/C26H41N3O4S/c1-24(2)18-21(28-23(31)19-5-4-16-34-19)26(9-8-25(3,32)17-20(24)26)7-6-22(30)27-10-11-29-12-14-33-15-13-29/h4-5,16,20-21,32H,6-15,17-18H2,1-3H3,(H,27,30)(H,28,31)/t20-,21-,25+,26+/m0/s1. The van der Waals surface area contributed by atoms with Gasteiger partial charge < -0.3 is 20.5 Å². The molecule has 190 valence electrons. The lowest BCUT2D eigenvalue weighted by atomic mass is 9.57. The van der Waals surface area contributed by atoms with Crippen LogP contribution in [0.1, 0.15) is 69.0 Å². The number of fused-ring (bicyclic) bond motifs is 1. The molecule has 0 spiro atoms. The highest BCUT2D eigenvalue weighted by Crippen LogP contribution is 2.63. The zero-order chi connectivity index (χ0) is 24.4. The van der Waals surface area contributed by atoms with Gasteiger partial charge in [-0.15, -0.1) is 11.3 Å². The zero-order valence-corrected chi connectivity index (χ0v) is 21.7. The van der Waals surface area contributed by atoms with E-state index in [1.54, 1.807) is 0 Å². The van der Waals surface area contributed by atoms with E-state index >= 15 is 0 Å². The Morgan fingerprint density at radius 2 is 1.97 bits per heavy atom.